The number of benzene rings is 1. The van der Waals surface area contributed by atoms with Crippen molar-refractivity contribution in [3.8, 4) is 5.75 Å². The summed E-state index contributed by atoms with van der Waals surface area (Å²) >= 11 is 0. The summed E-state index contributed by atoms with van der Waals surface area (Å²) in [6.45, 7) is -1.11. The van der Waals surface area contributed by atoms with Gasteiger partial charge < -0.3 is 15.2 Å². The van der Waals surface area contributed by atoms with Crippen LogP contribution in [0.25, 0.3) is 0 Å². The largest absolute Gasteiger partial charge is 0.508 e. The number of halogens is 4. The first-order valence-electron chi connectivity index (χ1n) is 4.70. The van der Waals surface area contributed by atoms with Gasteiger partial charge in [-0.1, -0.05) is 0 Å². The Morgan fingerprint density at radius 1 is 1.44 bits per heavy atom. The van der Waals surface area contributed by atoms with Crippen molar-refractivity contribution < 1.29 is 27.8 Å². The summed E-state index contributed by atoms with van der Waals surface area (Å²) in [5.41, 5.74) is -0.383. The normalized spacial score (nSPS) is 21.5. The molecule has 0 bridgehead atoms. The first-order chi connectivity index (χ1) is 7.90. The van der Waals surface area contributed by atoms with Crippen molar-refractivity contribution in [1.82, 2.24) is 5.32 Å². The molecule has 0 spiro atoms. The third-order valence-electron chi connectivity index (χ3n) is 2.38. The second-order valence-corrected chi connectivity index (χ2v) is 3.62. The van der Waals surface area contributed by atoms with Gasteiger partial charge in [0.05, 0.1) is 0 Å². The van der Waals surface area contributed by atoms with E-state index >= 15 is 0 Å². The van der Waals surface area contributed by atoms with E-state index in [0.29, 0.717) is 0 Å². The predicted octanol–water partition coefficient (Wildman–Crippen LogP) is 2.37. The number of carbonyl (C=O) groups excluding carboxylic acids is 1. The fourth-order valence-electron chi connectivity index (χ4n) is 1.57. The molecule has 1 heterocycles. The van der Waals surface area contributed by atoms with Crippen molar-refractivity contribution in [2.24, 2.45) is 0 Å². The second-order valence-electron chi connectivity index (χ2n) is 3.62. The van der Waals surface area contributed by atoms with E-state index in [0.717, 1.165) is 18.2 Å². The Bertz CT molecular complexity index is 470. The van der Waals surface area contributed by atoms with Crippen molar-refractivity contribution in [2.45, 2.75) is 12.0 Å². The number of hydrogen-bond acceptors (Lipinski definition) is 3. The van der Waals surface area contributed by atoms with E-state index in [2.05, 4.69) is 4.74 Å². The number of cyclic esters (lactones) is 1. The van der Waals surface area contributed by atoms with Gasteiger partial charge in [0, 0.05) is 5.56 Å². The van der Waals surface area contributed by atoms with Gasteiger partial charge in [0.15, 0.2) is 6.61 Å². The number of phenolic OH excluding ortho intramolecular Hbond substituents is 1. The number of ether oxygens (including phenoxy) is 1. The summed E-state index contributed by atoms with van der Waals surface area (Å²) in [5.74, 6) is -4.72. The van der Waals surface area contributed by atoms with Crippen molar-refractivity contribution in [3.63, 3.8) is 0 Å². The maximum Gasteiger partial charge on any atom is 0.408 e. The van der Waals surface area contributed by atoms with Gasteiger partial charge in [0.2, 0.25) is 0 Å². The average molecular weight is 284 g/mol. The predicted molar refractivity (Wildman–Crippen MR) is 57.5 cm³/mol. The molecule has 2 N–H and O–H groups in total. The summed E-state index contributed by atoms with van der Waals surface area (Å²) in [6.07, 6.45) is -1.04. The minimum atomic E-state index is -3.42. The number of alkyl halides is 2. The highest BCUT2D eigenvalue weighted by Gasteiger charge is 2.47. The van der Waals surface area contributed by atoms with Crippen LogP contribution in [0.4, 0.5) is 18.0 Å². The van der Waals surface area contributed by atoms with Crippen molar-refractivity contribution in [3.05, 3.63) is 29.6 Å². The topological polar surface area (TPSA) is 58.6 Å². The number of amides is 1. The van der Waals surface area contributed by atoms with Crippen LogP contribution in [0.15, 0.2) is 18.2 Å². The maximum atomic E-state index is 13.5. The van der Waals surface area contributed by atoms with E-state index in [4.69, 9.17) is 0 Å². The van der Waals surface area contributed by atoms with Gasteiger partial charge in [-0.15, -0.1) is 12.4 Å². The van der Waals surface area contributed by atoms with Crippen LogP contribution in [0.2, 0.25) is 0 Å². The van der Waals surface area contributed by atoms with Crippen LogP contribution in [-0.4, -0.2) is 23.7 Å². The van der Waals surface area contributed by atoms with Gasteiger partial charge in [-0.25, -0.2) is 18.0 Å². The Labute approximate surface area is 106 Å². The Balaban J connectivity index is 0.00000162. The van der Waals surface area contributed by atoms with Crippen LogP contribution in [0.3, 0.4) is 0 Å². The standard InChI is InChI=1S/C10H8F3NO3.ClH/c11-5-1-2-7(15)6(3-5)8-10(12,13)4-17-9(16)14-8;/h1-3,8,15H,4H2,(H,14,16);1H/t8-;/m1./s1. The van der Waals surface area contributed by atoms with E-state index in [1.54, 1.807) is 0 Å². The van der Waals surface area contributed by atoms with Crippen molar-refractivity contribution >= 4 is 18.5 Å². The van der Waals surface area contributed by atoms with E-state index in [9.17, 15) is 23.1 Å². The van der Waals surface area contributed by atoms with Gasteiger partial charge in [0.25, 0.3) is 0 Å². The number of hydrogen-bond donors (Lipinski definition) is 2. The Kier molecular flexibility index (Phi) is 3.95. The van der Waals surface area contributed by atoms with Gasteiger partial charge in [-0.05, 0) is 18.2 Å². The van der Waals surface area contributed by atoms with E-state index in [-0.39, 0.29) is 18.0 Å². The number of carbonyl (C=O) groups is 1. The molecule has 100 valence electrons. The summed E-state index contributed by atoms with van der Waals surface area (Å²) in [5, 5.41) is 11.3. The van der Waals surface area contributed by atoms with Gasteiger partial charge >= 0.3 is 12.0 Å². The molecule has 4 nitrogen and oxygen atoms in total. The molecule has 1 aliphatic rings. The highest BCUT2D eigenvalue weighted by Crippen LogP contribution is 2.38. The van der Waals surface area contributed by atoms with Crippen LogP contribution in [0, 0.1) is 5.82 Å². The van der Waals surface area contributed by atoms with E-state index in [1.165, 1.54) is 0 Å². The number of rotatable bonds is 1. The third kappa shape index (κ3) is 2.61. The molecular weight excluding hydrogens is 275 g/mol. The van der Waals surface area contributed by atoms with Gasteiger partial charge in [-0.3, -0.25) is 0 Å². The fraction of sp³-hybridized carbons (Fsp3) is 0.300. The molecule has 0 saturated carbocycles. The zero-order valence-corrected chi connectivity index (χ0v) is 9.64. The van der Waals surface area contributed by atoms with Crippen LogP contribution in [0.1, 0.15) is 11.6 Å². The number of phenols is 1. The third-order valence-corrected chi connectivity index (χ3v) is 2.38. The number of alkyl carbamates (subject to hydrolysis) is 1. The average Bonchev–Trinajstić information content (AvgIpc) is 2.26. The highest BCUT2D eigenvalue weighted by molar-refractivity contribution is 5.85. The molecule has 1 fully saturated rings. The molecular formula is C10H9ClF3NO3. The highest BCUT2D eigenvalue weighted by atomic mass is 35.5. The van der Waals surface area contributed by atoms with E-state index < -0.39 is 36.2 Å². The molecule has 2 rings (SSSR count). The van der Waals surface area contributed by atoms with Gasteiger partial charge in [-0.2, -0.15) is 0 Å². The number of aromatic hydroxyl groups is 1. The molecule has 18 heavy (non-hydrogen) atoms. The quantitative estimate of drug-likeness (QED) is 0.832. The lowest BCUT2D eigenvalue weighted by molar-refractivity contribution is -0.104. The second kappa shape index (κ2) is 4.93. The summed E-state index contributed by atoms with van der Waals surface area (Å²) in [7, 11) is 0. The lowest BCUT2D eigenvalue weighted by atomic mass is 9.99. The van der Waals surface area contributed by atoms with Crippen molar-refractivity contribution in [1.29, 1.82) is 0 Å². The minimum absolute atomic E-state index is 0. The van der Waals surface area contributed by atoms with E-state index in [1.807, 2.05) is 5.32 Å². The lowest BCUT2D eigenvalue weighted by Crippen LogP contribution is -2.49. The molecule has 0 aromatic heterocycles. The smallest absolute Gasteiger partial charge is 0.408 e. The fourth-order valence-corrected chi connectivity index (χ4v) is 1.57. The monoisotopic (exact) mass is 283 g/mol. The molecule has 0 unspecified atom stereocenters. The molecule has 1 aliphatic heterocycles. The van der Waals surface area contributed by atoms with Crippen LogP contribution >= 0.6 is 12.4 Å². The molecule has 1 atom stereocenters. The van der Waals surface area contributed by atoms with Gasteiger partial charge in [0.1, 0.15) is 17.6 Å². The Hall–Kier alpha value is -1.63. The lowest BCUT2D eigenvalue weighted by Gasteiger charge is -2.32. The summed E-state index contributed by atoms with van der Waals surface area (Å²) in [6, 6.07) is 0.819. The zero-order valence-electron chi connectivity index (χ0n) is 8.82. The minimum Gasteiger partial charge on any atom is -0.508 e. The molecule has 0 radical (unpaired) electrons. The Morgan fingerprint density at radius 2 is 2.11 bits per heavy atom. The molecule has 1 aromatic carbocycles. The van der Waals surface area contributed by atoms with Crippen molar-refractivity contribution in [2.75, 3.05) is 6.61 Å². The maximum absolute atomic E-state index is 13.5. The Morgan fingerprint density at radius 3 is 2.78 bits per heavy atom. The first kappa shape index (κ1) is 14.4. The summed E-state index contributed by atoms with van der Waals surface area (Å²) < 4.78 is 44.0. The molecule has 8 heteroatoms. The zero-order chi connectivity index (χ0) is 12.6. The summed E-state index contributed by atoms with van der Waals surface area (Å²) in [4.78, 5) is 10.9. The molecule has 0 aliphatic carbocycles. The first-order valence-corrected chi connectivity index (χ1v) is 4.70. The molecule has 1 amide bonds. The van der Waals surface area contributed by atoms with Crippen LogP contribution < -0.4 is 5.32 Å². The SMILES string of the molecule is Cl.O=C1N[C@H](c2cc(F)ccc2O)C(F)(F)CO1. The number of nitrogens with one attached hydrogen (secondary N) is 1. The molecule has 1 saturated heterocycles. The van der Waals surface area contributed by atoms with Crippen LogP contribution in [-0.2, 0) is 4.74 Å². The molecule has 1 aromatic rings. The van der Waals surface area contributed by atoms with Crippen LogP contribution in [0.5, 0.6) is 5.75 Å².